The number of rotatable bonds is 5. The van der Waals surface area contributed by atoms with Gasteiger partial charge in [0, 0.05) is 45.0 Å². The van der Waals surface area contributed by atoms with Gasteiger partial charge in [0.1, 0.15) is 5.82 Å². The maximum atomic E-state index is 13.6. The molecule has 0 saturated carbocycles. The first kappa shape index (κ1) is 19.7. The van der Waals surface area contributed by atoms with Crippen LogP contribution in [-0.4, -0.2) is 92.1 Å². The van der Waals surface area contributed by atoms with Crippen LogP contribution in [0.15, 0.2) is 18.2 Å². The second-order valence-electron chi connectivity index (χ2n) is 7.06. The van der Waals surface area contributed by atoms with E-state index in [0.717, 1.165) is 26.2 Å². The van der Waals surface area contributed by atoms with Crippen LogP contribution in [0.4, 0.5) is 10.1 Å². The molecule has 1 aromatic rings. The molecule has 0 atom stereocenters. The molecule has 2 amide bonds. The Hall–Kier alpha value is -2.03. The molecule has 148 valence electrons. The normalized spacial score (nSPS) is 19.1. The molecule has 0 bridgehead atoms. The fraction of sp³-hybridized carbons (Fsp3) is 0.579. The van der Waals surface area contributed by atoms with Gasteiger partial charge in [-0.1, -0.05) is 6.07 Å². The highest BCUT2D eigenvalue weighted by molar-refractivity contribution is 5.92. The molecule has 2 aliphatic heterocycles. The van der Waals surface area contributed by atoms with Crippen molar-refractivity contribution >= 4 is 17.5 Å². The van der Waals surface area contributed by atoms with E-state index in [2.05, 4.69) is 15.1 Å². The molecule has 2 aliphatic rings. The van der Waals surface area contributed by atoms with E-state index < -0.39 is 0 Å². The maximum Gasteiger partial charge on any atom is 0.238 e. The number of carbonyl (C=O) groups excluding carboxylic acids is 2. The second kappa shape index (κ2) is 9.25. The monoisotopic (exact) mass is 378 g/mol. The third-order valence-electron chi connectivity index (χ3n) is 5.01. The summed E-state index contributed by atoms with van der Waals surface area (Å²) in [6, 6.07) is 4.68. The summed E-state index contributed by atoms with van der Waals surface area (Å²) in [6.07, 6.45) is 0. The van der Waals surface area contributed by atoms with Crippen LogP contribution in [0.5, 0.6) is 0 Å². The smallest absolute Gasteiger partial charge is 0.238 e. The van der Waals surface area contributed by atoms with Crippen LogP contribution in [0.25, 0.3) is 0 Å². The summed E-state index contributed by atoms with van der Waals surface area (Å²) < 4.78 is 18.8. The Morgan fingerprint density at radius 3 is 2.30 bits per heavy atom. The predicted octanol–water partition coefficient (Wildman–Crippen LogP) is 0.549. The van der Waals surface area contributed by atoms with Crippen LogP contribution in [0.3, 0.4) is 0 Å². The molecule has 1 N–H and O–H groups in total. The molecule has 27 heavy (non-hydrogen) atoms. The van der Waals surface area contributed by atoms with Crippen molar-refractivity contribution in [3.8, 4) is 0 Å². The summed E-state index contributed by atoms with van der Waals surface area (Å²) in [4.78, 5) is 30.5. The molecule has 0 aromatic heterocycles. The highest BCUT2D eigenvalue weighted by atomic mass is 19.1. The summed E-state index contributed by atoms with van der Waals surface area (Å²) in [6.45, 7) is 7.88. The highest BCUT2D eigenvalue weighted by Gasteiger charge is 2.23. The Balaban J connectivity index is 1.39. The van der Waals surface area contributed by atoms with Crippen LogP contribution >= 0.6 is 0 Å². The number of hydrogen-bond acceptors (Lipinski definition) is 5. The SMILES string of the molecule is Cc1ccc(NC(=O)CN2CCN(CC(=O)N3CCOCC3)CC2)cc1F. The van der Waals surface area contributed by atoms with Crippen molar-refractivity contribution < 1.29 is 18.7 Å². The minimum atomic E-state index is -0.327. The summed E-state index contributed by atoms with van der Waals surface area (Å²) >= 11 is 0. The van der Waals surface area contributed by atoms with Gasteiger partial charge in [-0.2, -0.15) is 0 Å². The number of piperazine rings is 1. The molecule has 0 radical (unpaired) electrons. The minimum Gasteiger partial charge on any atom is -0.378 e. The fourth-order valence-electron chi connectivity index (χ4n) is 3.28. The van der Waals surface area contributed by atoms with Crippen molar-refractivity contribution in [2.75, 3.05) is 70.9 Å². The number of nitrogens with one attached hydrogen (secondary N) is 1. The van der Waals surface area contributed by atoms with Crippen molar-refractivity contribution in [2.24, 2.45) is 0 Å². The number of anilines is 1. The van der Waals surface area contributed by atoms with Gasteiger partial charge in [0.15, 0.2) is 0 Å². The van der Waals surface area contributed by atoms with E-state index in [1.165, 1.54) is 6.07 Å². The Morgan fingerprint density at radius 2 is 1.67 bits per heavy atom. The van der Waals surface area contributed by atoms with Crippen molar-refractivity contribution in [3.05, 3.63) is 29.6 Å². The lowest BCUT2D eigenvalue weighted by molar-refractivity contribution is -0.137. The number of aryl methyl sites for hydroxylation is 1. The summed E-state index contributed by atoms with van der Waals surface area (Å²) in [7, 11) is 0. The Morgan fingerprint density at radius 1 is 1.04 bits per heavy atom. The third kappa shape index (κ3) is 5.72. The Labute approximate surface area is 159 Å². The largest absolute Gasteiger partial charge is 0.378 e. The average Bonchev–Trinajstić information content (AvgIpc) is 2.67. The number of halogens is 1. The highest BCUT2D eigenvalue weighted by Crippen LogP contribution is 2.13. The minimum absolute atomic E-state index is 0.144. The maximum absolute atomic E-state index is 13.6. The molecule has 3 rings (SSSR count). The van der Waals surface area contributed by atoms with Crippen LogP contribution in [-0.2, 0) is 14.3 Å². The molecule has 0 spiro atoms. The van der Waals surface area contributed by atoms with Crippen molar-refractivity contribution in [3.63, 3.8) is 0 Å². The first-order valence-electron chi connectivity index (χ1n) is 9.37. The molecule has 2 heterocycles. The van der Waals surface area contributed by atoms with E-state index in [1.807, 2.05) is 4.90 Å². The molecule has 0 aliphatic carbocycles. The number of amides is 2. The van der Waals surface area contributed by atoms with Gasteiger partial charge in [-0.15, -0.1) is 0 Å². The second-order valence-corrected chi connectivity index (χ2v) is 7.06. The number of ether oxygens (including phenoxy) is 1. The van der Waals surface area contributed by atoms with E-state index in [0.29, 0.717) is 44.1 Å². The molecular formula is C19H27FN4O3. The van der Waals surface area contributed by atoms with E-state index in [-0.39, 0.29) is 24.2 Å². The van der Waals surface area contributed by atoms with Gasteiger partial charge in [-0.25, -0.2) is 4.39 Å². The quantitative estimate of drug-likeness (QED) is 0.811. The first-order chi connectivity index (χ1) is 13.0. The molecular weight excluding hydrogens is 351 g/mol. The summed E-state index contributed by atoms with van der Waals surface area (Å²) in [5.41, 5.74) is 1.02. The number of hydrogen-bond donors (Lipinski definition) is 1. The Kier molecular flexibility index (Phi) is 6.76. The van der Waals surface area contributed by atoms with Gasteiger partial charge < -0.3 is 15.0 Å². The van der Waals surface area contributed by atoms with Crippen molar-refractivity contribution in [1.29, 1.82) is 0 Å². The summed E-state index contributed by atoms with van der Waals surface area (Å²) in [5.74, 6) is -0.340. The van der Waals surface area contributed by atoms with E-state index in [1.54, 1.807) is 19.1 Å². The summed E-state index contributed by atoms with van der Waals surface area (Å²) in [5, 5.41) is 2.74. The van der Waals surface area contributed by atoms with Crippen LogP contribution in [0.1, 0.15) is 5.56 Å². The molecule has 1 aromatic carbocycles. The molecule has 7 nitrogen and oxygen atoms in total. The van der Waals surface area contributed by atoms with E-state index in [9.17, 15) is 14.0 Å². The third-order valence-corrected chi connectivity index (χ3v) is 5.01. The van der Waals surface area contributed by atoms with Crippen molar-refractivity contribution in [2.45, 2.75) is 6.92 Å². The first-order valence-corrected chi connectivity index (χ1v) is 9.37. The zero-order valence-corrected chi connectivity index (χ0v) is 15.7. The molecule has 0 unspecified atom stereocenters. The van der Waals surface area contributed by atoms with E-state index in [4.69, 9.17) is 4.74 Å². The van der Waals surface area contributed by atoms with Crippen LogP contribution in [0.2, 0.25) is 0 Å². The van der Waals surface area contributed by atoms with Gasteiger partial charge in [0.2, 0.25) is 11.8 Å². The number of benzene rings is 1. The topological polar surface area (TPSA) is 65.1 Å². The van der Waals surface area contributed by atoms with Gasteiger partial charge in [0.05, 0.1) is 26.3 Å². The zero-order valence-electron chi connectivity index (χ0n) is 15.7. The van der Waals surface area contributed by atoms with Gasteiger partial charge in [0.25, 0.3) is 0 Å². The predicted molar refractivity (Wildman–Crippen MR) is 100 cm³/mol. The molecule has 2 fully saturated rings. The zero-order chi connectivity index (χ0) is 19.2. The lowest BCUT2D eigenvalue weighted by Gasteiger charge is -2.35. The van der Waals surface area contributed by atoms with Crippen LogP contribution < -0.4 is 5.32 Å². The number of carbonyl (C=O) groups is 2. The molecule has 2 saturated heterocycles. The lowest BCUT2D eigenvalue weighted by Crippen LogP contribution is -2.52. The number of nitrogens with zero attached hydrogens (tertiary/aromatic N) is 3. The van der Waals surface area contributed by atoms with Gasteiger partial charge in [-0.3, -0.25) is 19.4 Å². The molecule has 8 heteroatoms. The van der Waals surface area contributed by atoms with Gasteiger partial charge in [-0.05, 0) is 24.6 Å². The standard InChI is InChI=1S/C19H27FN4O3/c1-15-2-3-16(12-17(15)20)21-18(25)13-22-4-6-23(7-5-22)14-19(26)24-8-10-27-11-9-24/h2-3,12H,4-11,13-14H2,1H3,(H,21,25). The lowest BCUT2D eigenvalue weighted by atomic mass is 10.2. The Bertz CT molecular complexity index is 671. The van der Waals surface area contributed by atoms with E-state index >= 15 is 0 Å². The van der Waals surface area contributed by atoms with Crippen molar-refractivity contribution in [1.82, 2.24) is 14.7 Å². The average molecular weight is 378 g/mol. The van der Waals surface area contributed by atoms with Crippen LogP contribution in [0, 0.1) is 12.7 Å². The number of morpholine rings is 1. The fourth-order valence-corrected chi connectivity index (χ4v) is 3.28. The van der Waals surface area contributed by atoms with Gasteiger partial charge >= 0.3 is 0 Å².